The van der Waals surface area contributed by atoms with Gasteiger partial charge in [-0.15, -0.1) is 11.3 Å². The van der Waals surface area contributed by atoms with E-state index in [9.17, 15) is 4.79 Å². The third kappa shape index (κ3) is 1.99. The molecule has 1 heterocycles. The molecule has 0 radical (unpaired) electrons. The summed E-state index contributed by atoms with van der Waals surface area (Å²) in [5.41, 5.74) is 1.04. The molecular weight excluding hydrogens is 194 g/mol. The number of hydrogen-bond acceptors (Lipinski definition) is 3. The average molecular weight is 205 g/mol. The van der Waals surface area contributed by atoms with Gasteiger partial charge in [0.25, 0.3) is 0 Å². The number of Topliss-reactive ketones (excluding diaryl/α,β-unsaturated/α-hetero) is 1. The topological polar surface area (TPSA) is 30.0 Å². The first-order valence-electron chi connectivity index (χ1n) is 4.59. The molecule has 3 heteroatoms. The van der Waals surface area contributed by atoms with Crippen LogP contribution in [0.2, 0.25) is 0 Å². The van der Waals surface area contributed by atoms with E-state index >= 15 is 0 Å². The van der Waals surface area contributed by atoms with E-state index in [1.807, 2.05) is 18.2 Å². The van der Waals surface area contributed by atoms with Crippen molar-refractivity contribution in [3.63, 3.8) is 0 Å². The minimum Gasteiger partial charge on any atom is -0.300 e. The molecule has 14 heavy (non-hydrogen) atoms. The molecule has 2 nitrogen and oxygen atoms in total. The highest BCUT2D eigenvalue weighted by molar-refractivity contribution is 7.18. The van der Waals surface area contributed by atoms with Gasteiger partial charge in [-0.1, -0.05) is 12.1 Å². The first-order valence-corrected chi connectivity index (χ1v) is 5.41. The van der Waals surface area contributed by atoms with E-state index in [-0.39, 0.29) is 5.78 Å². The highest BCUT2D eigenvalue weighted by Gasteiger charge is 2.03. The number of fused-ring (bicyclic) bond motifs is 1. The Kier molecular flexibility index (Phi) is 2.59. The van der Waals surface area contributed by atoms with Crippen molar-refractivity contribution in [3.05, 3.63) is 29.3 Å². The van der Waals surface area contributed by atoms with Crippen LogP contribution in [-0.4, -0.2) is 10.8 Å². The van der Waals surface area contributed by atoms with Gasteiger partial charge in [0.05, 0.1) is 15.2 Å². The molecule has 0 fully saturated rings. The molecule has 0 N–H and O–H groups in total. The van der Waals surface area contributed by atoms with Gasteiger partial charge in [0, 0.05) is 12.8 Å². The lowest BCUT2D eigenvalue weighted by atomic mass is 10.2. The molecule has 2 rings (SSSR count). The van der Waals surface area contributed by atoms with E-state index < -0.39 is 0 Å². The summed E-state index contributed by atoms with van der Waals surface area (Å²) in [5.74, 6) is 0.226. The zero-order valence-electron chi connectivity index (χ0n) is 7.99. The van der Waals surface area contributed by atoms with Crippen LogP contribution in [0.3, 0.4) is 0 Å². The second kappa shape index (κ2) is 3.88. The highest BCUT2D eigenvalue weighted by atomic mass is 32.1. The number of thiazole rings is 1. The highest BCUT2D eigenvalue weighted by Crippen LogP contribution is 2.22. The van der Waals surface area contributed by atoms with Crippen LogP contribution in [0.5, 0.6) is 0 Å². The number of aryl methyl sites for hydroxylation is 1. The van der Waals surface area contributed by atoms with Crippen molar-refractivity contribution >= 4 is 27.3 Å². The van der Waals surface area contributed by atoms with Crippen LogP contribution in [0.4, 0.5) is 0 Å². The Morgan fingerprint density at radius 3 is 2.93 bits per heavy atom. The van der Waals surface area contributed by atoms with Gasteiger partial charge < -0.3 is 4.79 Å². The quantitative estimate of drug-likeness (QED) is 0.771. The first kappa shape index (κ1) is 9.34. The molecule has 0 aliphatic carbocycles. The fourth-order valence-corrected chi connectivity index (χ4v) is 2.28. The van der Waals surface area contributed by atoms with Gasteiger partial charge in [-0.3, -0.25) is 0 Å². The van der Waals surface area contributed by atoms with Crippen molar-refractivity contribution < 1.29 is 4.79 Å². The molecule has 0 amide bonds. The summed E-state index contributed by atoms with van der Waals surface area (Å²) in [7, 11) is 0. The Morgan fingerprint density at radius 2 is 2.21 bits per heavy atom. The summed E-state index contributed by atoms with van der Waals surface area (Å²) in [6, 6.07) is 8.06. The summed E-state index contributed by atoms with van der Waals surface area (Å²) < 4.78 is 1.20. The molecule has 1 aromatic heterocycles. The third-order valence-corrected chi connectivity index (χ3v) is 3.13. The molecular formula is C11H11NOS. The predicted octanol–water partition coefficient (Wildman–Crippen LogP) is 2.82. The van der Waals surface area contributed by atoms with Crippen LogP contribution in [0, 0.1) is 0 Å². The van der Waals surface area contributed by atoms with Crippen molar-refractivity contribution in [2.45, 2.75) is 19.8 Å². The van der Waals surface area contributed by atoms with E-state index in [1.165, 1.54) is 4.70 Å². The summed E-state index contributed by atoms with van der Waals surface area (Å²) in [4.78, 5) is 15.3. The van der Waals surface area contributed by atoms with E-state index in [4.69, 9.17) is 0 Å². The monoisotopic (exact) mass is 205 g/mol. The van der Waals surface area contributed by atoms with Crippen LogP contribution in [0.15, 0.2) is 24.3 Å². The van der Waals surface area contributed by atoms with Crippen molar-refractivity contribution in [1.82, 2.24) is 4.98 Å². The van der Waals surface area contributed by atoms with Crippen LogP contribution in [0.25, 0.3) is 10.2 Å². The minimum absolute atomic E-state index is 0.226. The summed E-state index contributed by atoms with van der Waals surface area (Å²) in [6.07, 6.45) is 1.37. The van der Waals surface area contributed by atoms with Crippen molar-refractivity contribution in [3.8, 4) is 0 Å². The lowest BCUT2D eigenvalue weighted by Gasteiger charge is -1.89. The van der Waals surface area contributed by atoms with Gasteiger partial charge in [0.2, 0.25) is 0 Å². The molecule has 0 aliphatic rings. The summed E-state index contributed by atoms with van der Waals surface area (Å²) >= 11 is 1.68. The van der Waals surface area contributed by atoms with E-state index in [1.54, 1.807) is 18.3 Å². The molecule has 0 unspecified atom stereocenters. The minimum atomic E-state index is 0.226. The molecule has 0 saturated carbocycles. The zero-order chi connectivity index (χ0) is 9.97. The number of rotatable bonds is 3. The normalized spacial score (nSPS) is 10.6. The van der Waals surface area contributed by atoms with Crippen molar-refractivity contribution in [1.29, 1.82) is 0 Å². The van der Waals surface area contributed by atoms with Gasteiger partial charge >= 0.3 is 0 Å². The lowest BCUT2D eigenvalue weighted by molar-refractivity contribution is -0.116. The van der Waals surface area contributed by atoms with Crippen LogP contribution >= 0.6 is 11.3 Å². The second-order valence-electron chi connectivity index (χ2n) is 3.28. The third-order valence-electron chi connectivity index (χ3n) is 2.03. The van der Waals surface area contributed by atoms with E-state index in [0.717, 1.165) is 16.9 Å². The molecule has 0 atom stereocenters. The molecule has 0 spiro atoms. The largest absolute Gasteiger partial charge is 0.300 e. The summed E-state index contributed by atoms with van der Waals surface area (Å²) in [5, 5.41) is 1.06. The van der Waals surface area contributed by atoms with E-state index in [0.29, 0.717) is 6.42 Å². The van der Waals surface area contributed by atoms with Crippen molar-refractivity contribution in [2.75, 3.05) is 0 Å². The Hall–Kier alpha value is -1.22. The fourth-order valence-electron chi connectivity index (χ4n) is 1.31. The Morgan fingerprint density at radius 1 is 1.43 bits per heavy atom. The zero-order valence-corrected chi connectivity index (χ0v) is 8.80. The molecule has 0 bridgehead atoms. The number of aromatic nitrogens is 1. The van der Waals surface area contributed by atoms with Crippen LogP contribution in [-0.2, 0) is 11.2 Å². The predicted molar refractivity (Wildman–Crippen MR) is 58.6 cm³/mol. The molecule has 0 aliphatic heterocycles. The Balaban J connectivity index is 2.22. The number of nitrogens with zero attached hydrogens (tertiary/aromatic N) is 1. The van der Waals surface area contributed by atoms with Gasteiger partial charge in [-0.05, 0) is 19.1 Å². The maximum absolute atomic E-state index is 10.8. The molecule has 0 saturated heterocycles. The van der Waals surface area contributed by atoms with Gasteiger partial charge in [0.15, 0.2) is 0 Å². The average Bonchev–Trinajstić information content (AvgIpc) is 2.57. The maximum atomic E-state index is 10.8. The lowest BCUT2D eigenvalue weighted by Crippen LogP contribution is -1.92. The fraction of sp³-hybridized carbons (Fsp3) is 0.273. The number of hydrogen-bond donors (Lipinski definition) is 0. The number of carbonyl (C=O) groups is 1. The number of ketones is 1. The first-order chi connectivity index (χ1) is 6.75. The number of carbonyl (C=O) groups excluding carboxylic acids is 1. The van der Waals surface area contributed by atoms with E-state index in [2.05, 4.69) is 11.1 Å². The maximum Gasteiger partial charge on any atom is 0.130 e. The Bertz CT molecular complexity index is 428. The van der Waals surface area contributed by atoms with Crippen LogP contribution < -0.4 is 0 Å². The molecule has 2 aromatic rings. The molecule has 1 aromatic carbocycles. The SMILES string of the molecule is CC(=O)CCc1nc2ccccc2s1. The van der Waals surface area contributed by atoms with Gasteiger partial charge in [0.1, 0.15) is 5.78 Å². The van der Waals surface area contributed by atoms with Gasteiger partial charge in [-0.25, -0.2) is 4.98 Å². The smallest absolute Gasteiger partial charge is 0.130 e. The molecule has 72 valence electrons. The van der Waals surface area contributed by atoms with Crippen LogP contribution in [0.1, 0.15) is 18.4 Å². The Labute approximate surface area is 86.6 Å². The van der Waals surface area contributed by atoms with Crippen molar-refractivity contribution in [2.24, 2.45) is 0 Å². The second-order valence-corrected chi connectivity index (χ2v) is 4.39. The van der Waals surface area contributed by atoms with Gasteiger partial charge in [-0.2, -0.15) is 0 Å². The standard InChI is InChI=1S/C11H11NOS/c1-8(13)6-7-11-12-9-4-2-3-5-10(9)14-11/h2-5H,6-7H2,1H3. The number of benzene rings is 1. The summed E-state index contributed by atoms with van der Waals surface area (Å²) in [6.45, 7) is 1.62. The number of para-hydroxylation sites is 1.